The topological polar surface area (TPSA) is 77.8 Å². The van der Waals surface area contributed by atoms with E-state index >= 15 is 0 Å². The first kappa shape index (κ1) is 14.8. The third-order valence-electron chi connectivity index (χ3n) is 3.69. The average Bonchev–Trinajstić information content (AvgIpc) is 2.80. The van der Waals surface area contributed by atoms with Gasteiger partial charge in [0.05, 0.1) is 13.0 Å². The number of carbonyl (C=O) groups excluding carboxylic acids is 2. The van der Waals surface area contributed by atoms with Gasteiger partial charge in [0.25, 0.3) is 5.91 Å². The minimum atomic E-state index is -0.327. The van der Waals surface area contributed by atoms with Gasteiger partial charge in [-0.15, -0.1) is 0 Å². The Labute approximate surface area is 133 Å². The number of amides is 2. The molecule has 2 aromatic carbocycles. The second kappa shape index (κ2) is 5.96. The Kier molecular flexibility index (Phi) is 3.85. The van der Waals surface area contributed by atoms with Gasteiger partial charge in [0.15, 0.2) is 11.5 Å². The Morgan fingerprint density at radius 3 is 2.43 bits per heavy atom. The van der Waals surface area contributed by atoms with Crippen molar-refractivity contribution in [3.8, 4) is 11.5 Å². The zero-order chi connectivity index (χ0) is 16.4. The fourth-order valence-electron chi connectivity index (χ4n) is 2.49. The predicted molar refractivity (Wildman–Crippen MR) is 84.4 cm³/mol. The molecule has 0 unspecified atom stereocenters. The van der Waals surface area contributed by atoms with Crippen molar-refractivity contribution in [2.45, 2.75) is 13.0 Å². The zero-order valence-corrected chi connectivity index (χ0v) is 12.3. The lowest BCUT2D eigenvalue weighted by Crippen LogP contribution is -2.28. The molecule has 3 rings (SSSR count). The van der Waals surface area contributed by atoms with Gasteiger partial charge in [0, 0.05) is 5.57 Å². The summed E-state index contributed by atoms with van der Waals surface area (Å²) in [6.07, 6.45) is 1.59. The molecule has 1 fully saturated rings. The number of imide groups is 1. The minimum absolute atomic E-state index is 0.0350. The molecule has 1 aliphatic rings. The third kappa shape index (κ3) is 3.08. The molecule has 0 aliphatic carbocycles. The Balaban J connectivity index is 1.83. The first-order chi connectivity index (χ1) is 11.0. The number of nitrogens with zero attached hydrogens (tertiary/aromatic N) is 1. The standard InChI is InChI=1S/C18H15NO4/c20-15-7-6-13(9-16(15)21)8-14-10-17(22)19(18(14)23)11-12-4-2-1-3-5-12/h1-9,20-21H,10-11H2/b14-8+. The van der Waals surface area contributed by atoms with Crippen molar-refractivity contribution in [3.63, 3.8) is 0 Å². The lowest BCUT2D eigenvalue weighted by Gasteiger charge is -2.13. The van der Waals surface area contributed by atoms with Gasteiger partial charge in [-0.25, -0.2) is 0 Å². The lowest BCUT2D eigenvalue weighted by atomic mass is 10.1. The number of aromatic hydroxyl groups is 2. The molecule has 0 aromatic heterocycles. The van der Waals surface area contributed by atoms with Crippen LogP contribution in [0.5, 0.6) is 11.5 Å². The molecular formula is C18H15NO4. The molecule has 23 heavy (non-hydrogen) atoms. The second-order valence-corrected chi connectivity index (χ2v) is 5.37. The summed E-state index contributed by atoms with van der Waals surface area (Å²) in [4.78, 5) is 25.7. The van der Waals surface area contributed by atoms with Gasteiger partial charge >= 0.3 is 0 Å². The van der Waals surface area contributed by atoms with Crippen LogP contribution in [0.25, 0.3) is 6.08 Å². The molecule has 5 nitrogen and oxygen atoms in total. The Bertz CT molecular complexity index is 796. The van der Waals surface area contributed by atoms with E-state index in [1.807, 2.05) is 30.3 Å². The van der Waals surface area contributed by atoms with Gasteiger partial charge in [-0.3, -0.25) is 14.5 Å². The van der Waals surface area contributed by atoms with E-state index in [1.54, 1.807) is 12.1 Å². The molecule has 116 valence electrons. The molecule has 1 heterocycles. The average molecular weight is 309 g/mol. The summed E-state index contributed by atoms with van der Waals surface area (Å²) >= 11 is 0. The van der Waals surface area contributed by atoms with Crippen LogP contribution in [0.4, 0.5) is 0 Å². The zero-order valence-electron chi connectivity index (χ0n) is 12.3. The fraction of sp³-hybridized carbons (Fsp3) is 0.111. The van der Waals surface area contributed by atoms with Crippen LogP contribution in [0.15, 0.2) is 54.1 Å². The first-order valence-corrected chi connectivity index (χ1v) is 7.16. The summed E-state index contributed by atoms with van der Waals surface area (Å²) in [5.41, 5.74) is 1.81. The largest absolute Gasteiger partial charge is 0.504 e. The van der Waals surface area contributed by atoms with Crippen molar-refractivity contribution in [1.82, 2.24) is 4.90 Å². The maximum atomic E-state index is 12.4. The van der Waals surface area contributed by atoms with Gasteiger partial charge in [-0.05, 0) is 29.3 Å². The molecule has 0 atom stereocenters. The van der Waals surface area contributed by atoms with E-state index in [0.717, 1.165) is 5.56 Å². The van der Waals surface area contributed by atoms with E-state index in [2.05, 4.69) is 0 Å². The molecule has 2 amide bonds. The number of phenols is 2. The third-order valence-corrected chi connectivity index (χ3v) is 3.69. The number of carbonyl (C=O) groups is 2. The summed E-state index contributed by atoms with van der Waals surface area (Å²) in [5, 5.41) is 18.8. The number of hydrogen-bond donors (Lipinski definition) is 2. The number of benzene rings is 2. The summed E-state index contributed by atoms with van der Waals surface area (Å²) in [5.74, 6) is -1.07. The SMILES string of the molecule is O=C1C/C(=C\c2ccc(O)c(O)c2)C(=O)N1Cc1ccccc1. The molecule has 0 saturated carbocycles. The smallest absolute Gasteiger partial charge is 0.257 e. The van der Waals surface area contributed by atoms with Crippen LogP contribution in [0.1, 0.15) is 17.5 Å². The van der Waals surface area contributed by atoms with Crippen molar-refractivity contribution in [2.75, 3.05) is 0 Å². The highest BCUT2D eigenvalue weighted by Crippen LogP contribution is 2.28. The second-order valence-electron chi connectivity index (χ2n) is 5.37. The summed E-state index contributed by atoms with van der Waals surface area (Å²) < 4.78 is 0. The first-order valence-electron chi connectivity index (χ1n) is 7.16. The van der Waals surface area contributed by atoms with Gasteiger partial charge in [-0.2, -0.15) is 0 Å². The van der Waals surface area contributed by atoms with Crippen LogP contribution in [0, 0.1) is 0 Å². The molecule has 1 saturated heterocycles. The van der Waals surface area contributed by atoms with E-state index in [9.17, 15) is 19.8 Å². The van der Waals surface area contributed by atoms with E-state index in [0.29, 0.717) is 11.1 Å². The molecular weight excluding hydrogens is 294 g/mol. The van der Waals surface area contributed by atoms with Crippen LogP contribution in [0.2, 0.25) is 0 Å². The number of rotatable bonds is 3. The maximum absolute atomic E-state index is 12.4. The van der Waals surface area contributed by atoms with Gasteiger partial charge < -0.3 is 10.2 Å². The predicted octanol–water partition coefficient (Wildman–Crippen LogP) is 2.44. The summed E-state index contributed by atoms with van der Waals surface area (Å²) in [6, 6.07) is 13.6. The van der Waals surface area contributed by atoms with Crippen molar-refractivity contribution in [3.05, 3.63) is 65.2 Å². The molecule has 1 aliphatic heterocycles. The maximum Gasteiger partial charge on any atom is 0.257 e. The van der Waals surface area contributed by atoms with Crippen molar-refractivity contribution in [1.29, 1.82) is 0 Å². The minimum Gasteiger partial charge on any atom is -0.504 e. The number of phenolic OH excluding ortho intramolecular Hbond substituents is 2. The molecule has 5 heteroatoms. The van der Waals surface area contributed by atoms with E-state index in [-0.39, 0.29) is 36.3 Å². The van der Waals surface area contributed by atoms with Gasteiger partial charge in [0.1, 0.15) is 0 Å². The van der Waals surface area contributed by atoms with Crippen LogP contribution in [0.3, 0.4) is 0 Å². The van der Waals surface area contributed by atoms with E-state index < -0.39 is 0 Å². The molecule has 2 aromatic rings. The molecule has 0 radical (unpaired) electrons. The van der Waals surface area contributed by atoms with Crippen LogP contribution in [-0.4, -0.2) is 26.9 Å². The highest BCUT2D eigenvalue weighted by molar-refractivity contribution is 6.15. The summed E-state index contributed by atoms with van der Waals surface area (Å²) in [7, 11) is 0. The Morgan fingerprint density at radius 1 is 1.00 bits per heavy atom. The van der Waals surface area contributed by atoms with Gasteiger partial charge in [-0.1, -0.05) is 36.4 Å². The summed E-state index contributed by atoms with van der Waals surface area (Å²) in [6.45, 7) is 0.247. The molecule has 2 N–H and O–H groups in total. The monoisotopic (exact) mass is 309 g/mol. The van der Waals surface area contributed by atoms with Crippen LogP contribution >= 0.6 is 0 Å². The lowest BCUT2D eigenvalue weighted by molar-refractivity contribution is -0.138. The Morgan fingerprint density at radius 2 is 1.74 bits per heavy atom. The van der Waals surface area contributed by atoms with Gasteiger partial charge in [0.2, 0.25) is 5.91 Å². The van der Waals surface area contributed by atoms with Crippen molar-refractivity contribution >= 4 is 17.9 Å². The fourth-order valence-corrected chi connectivity index (χ4v) is 2.49. The van der Waals surface area contributed by atoms with Crippen LogP contribution in [-0.2, 0) is 16.1 Å². The van der Waals surface area contributed by atoms with Crippen LogP contribution < -0.4 is 0 Å². The number of hydrogen-bond acceptors (Lipinski definition) is 4. The van der Waals surface area contributed by atoms with Crippen molar-refractivity contribution in [2.24, 2.45) is 0 Å². The highest BCUT2D eigenvalue weighted by atomic mass is 16.3. The molecule has 0 bridgehead atoms. The normalized spacial score (nSPS) is 16.3. The van der Waals surface area contributed by atoms with Crippen molar-refractivity contribution < 1.29 is 19.8 Å². The number of likely N-dealkylation sites (tertiary alicyclic amines) is 1. The van der Waals surface area contributed by atoms with E-state index in [1.165, 1.54) is 17.0 Å². The quantitative estimate of drug-likeness (QED) is 0.518. The van der Waals surface area contributed by atoms with E-state index in [4.69, 9.17) is 0 Å². The Hall–Kier alpha value is -3.08. The highest BCUT2D eigenvalue weighted by Gasteiger charge is 2.33. The molecule has 0 spiro atoms.